The van der Waals surface area contributed by atoms with Crippen LogP contribution in [-0.2, 0) is 11.3 Å². The molecule has 0 atom stereocenters. The highest BCUT2D eigenvalue weighted by molar-refractivity contribution is 5.25. The third kappa shape index (κ3) is 4.10. The van der Waals surface area contributed by atoms with E-state index < -0.39 is 0 Å². The molecule has 0 saturated carbocycles. The van der Waals surface area contributed by atoms with Gasteiger partial charge in [-0.2, -0.15) is 0 Å². The average Bonchev–Trinajstić information content (AvgIpc) is 2.33. The molecule has 0 aromatic heterocycles. The Labute approximate surface area is 103 Å². The zero-order valence-electron chi connectivity index (χ0n) is 10.9. The number of ether oxygens (including phenoxy) is 1. The Balaban J connectivity index is 2.53. The highest BCUT2D eigenvalue weighted by Crippen LogP contribution is 2.15. The van der Waals surface area contributed by atoms with E-state index in [4.69, 9.17) is 10.5 Å². The normalized spacial score (nSPS) is 11.8. The minimum Gasteiger partial charge on any atom is -0.375 e. The van der Waals surface area contributed by atoms with Crippen molar-refractivity contribution in [3.63, 3.8) is 0 Å². The van der Waals surface area contributed by atoms with Gasteiger partial charge in [0, 0.05) is 5.54 Å². The molecule has 0 spiro atoms. The largest absolute Gasteiger partial charge is 0.375 e. The molecule has 0 aliphatic heterocycles. The Morgan fingerprint density at radius 1 is 1.29 bits per heavy atom. The van der Waals surface area contributed by atoms with E-state index >= 15 is 0 Å². The maximum atomic E-state index is 13.1. The summed E-state index contributed by atoms with van der Waals surface area (Å²) in [6, 6.07) is 4.75. The van der Waals surface area contributed by atoms with Crippen LogP contribution in [0.4, 0.5) is 4.39 Å². The zero-order valence-corrected chi connectivity index (χ0v) is 10.9. The zero-order chi connectivity index (χ0) is 12.9. The number of hydrogen-bond acceptors (Lipinski definition) is 2. The Morgan fingerprint density at radius 2 is 1.94 bits per heavy atom. The summed E-state index contributed by atoms with van der Waals surface area (Å²) < 4.78 is 18.7. The first kappa shape index (κ1) is 14.1. The van der Waals surface area contributed by atoms with Crippen molar-refractivity contribution < 1.29 is 9.13 Å². The van der Waals surface area contributed by atoms with Gasteiger partial charge in [-0.3, -0.25) is 0 Å². The van der Waals surface area contributed by atoms with Crippen LogP contribution in [0.2, 0.25) is 0 Å². The first-order chi connectivity index (χ1) is 8.00. The van der Waals surface area contributed by atoms with Crippen molar-refractivity contribution >= 4 is 0 Å². The fourth-order valence-electron chi connectivity index (χ4n) is 1.61. The van der Waals surface area contributed by atoms with Crippen molar-refractivity contribution in [1.29, 1.82) is 0 Å². The van der Waals surface area contributed by atoms with Crippen molar-refractivity contribution in [2.45, 2.75) is 45.8 Å². The molecule has 0 amide bonds. The molecule has 0 radical (unpaired) electrons. The number of nitrogens with two attached hydrogens (primary N) is 1. The number of rotatable bonds is 6. The Morgan fingerprint density at radius 3 is 2.53 bits per heavy atom. The van der Waals surface area contributed by atoms with Gasteiger partial charge in [0.2, 0.25) is 0 Å². The lowest BCUT2D eigenvalue weighted by atomic mass is 9.96. The summed E-state index contributed by atoms with van der Waals surface area (Å²) in [6.07, 6.45) is 1.76. The second-order valence-electron chi connectivity index (χ2n) is 4.63. The molecule has 0 saturated heterocycles. The van der Waals surface area contributed by atoms with Crippen molar-refractivity contribution in [2.75, 3.05) is 6.61 Å². The predicted molar refractivity (Wildman–Crippen MR) is 68.3 cm³/mol. The third-order valence-electron chi connectivity index (χ3n) is 3.37. The van der Waals surface area contributed by atoms with Crippen molar-refractivity contribution in [1.82, 2.24) is 0 Å². The summed E-state index contributed by atoms with van der Waals surface area (Å²) in [5.74, 6) is -0.223. The number of benzene rings is 1. The van der Waals surface area contributed by atoms with Gasteiger partial charge < -0.3 is 10.5 Å². The van der Waals surface area contributed by atoms with E-state index in [1.54, 1.807) is 6.07 Å². The van der Waals surface area contributed by atoms with E-state index in [-0.39, 0.29) is 11.4 Å². The maximum absolute atomic E-state index is 13.1. The molecule has 2 N–H and O–H groups in total. The number of halogens is 1. The van der Waals surface area contributed by atoms with Gasteiger partial charge >= 0.3 is 0 Å². The smallest absolute Gasteiger partial charge is 0.123 e. The minimum atomic E-state index is -0.263. The molecule has 0 aliphatic carbocycles. The van der Waals surface area contributed by atoms with E-state index in [0.29, 0.717) is 13.2 Å². The molecule has 0 heterocycles. The number of hydrogen-bond donors (Lipinski definition) is 1. The molecule has 17 heavy (non-hydrogen) atoms. The molecule has 2 nitrogen and oxygen atoms in total. The van der Waals surface area contributed by atoms with Crippen LogP contribution < -0.4 is 5.73 Å². The lowest BCUT2D eigenvalue weighted by Crippen LogP contribution is -2.43. The van der Waals surface area contributed by atoms with Gasteiger partial charge in [-0.15, -0.1) is 0 Å². The number of aryl methyl sites for hydroxylation is 1. The summed E-state index contributed by atoms with van der Waals surface area (Å²) in [6.45, 7) is 6.99. The van der Waals surface area contributed by atoms with E-state index in [2.05, 4.69) is 13.8 Å². The first-order valence-electron chi connectivity index (χ1n) is 6.12. The summed E-state index contributed by atoms with van der Waals surface area (Å²) in [5.41, 5.74) is 7.80. The van der Waals surface area contributed by atoms with Crippen LogP contribution >= 0.6 is 0 Å². The molecule has 0 aliphatic rings. The SMILES string of the molecule is CCC(N)(CC)COCc1cc(F)ccc1C. The topological polar surface area (TPSA) is 35.2 Å². The highest BCUT2D eigenvalue weighted by Gasteiger charge is 2.20. The van der Waals surface area contributed by atoms with Gasteiger partial charge in [0.15, 0.2) is 0 Å². The fourth-order valence-corrected chi connectivity index (χ4v) is 1.61. The van der Waals surface area contributed by atoms with E-state index in [9.17, 15) is 4.39 Å². The van der Waals surface area contributed by atoms with Crippen LogP contribution in [0.15, 0.2) is 18.2 Å². The summed E-state index contributed by atoms with van der Waals surface area (Å²) in [5, 5.41) is 0. The Bertz CT molecular complexity index is 361. The Hall–Kier alpha value is -0.930. The lowest BCUT2D eigenvalue weighted by molar-refractivity contribution is 0.0692. The molecule has 96 valence electrons. The van der Waals surface area contributed by atoms with Gasteiger partial charge in [0.05, 0.1) is 13.2 Å². The third-order valence-corrected chi connectivity index (χ3v) is 3.37. The second kappa shape index (κ2) is 6.12. The van der Waals surface area contributed by atoms with Gasteiger partial charge in [-0.1, -0.05) is 19.9 Å². The molecular weight excluding hydrogens is 217 g/mol. The average molecular weight is 239 g/mol. The minimum absolute atomic E-state index is 0.223. The van der Waals surface area contributed by atoms with Crippen LogP contribution in [0.1, 0.15) is 37.8 Å². The highest BCUT2D eigenvalue weighted by atomic mass is 19.1. The van der Waals surface area contributed by atoms with Crippen LogP contribution in [-0.4, -0.2) is 12.1 Å². The van der Waals surface area contributed by atoms with Gasteiger partial charge in [0.25, 0.3) is 0 Å². The molecule has 1 aromatic carbocycles. The molecule has 0 unspecified atom stereocenters. The van der Waals surface area contributed by atoms with Crippen molar-refractivity contribution in [3.8, 4) is 0 Å². The van der Waals surface area contributed by atoms with E-state index in [1.165, 1.54) is 12.1 Å². The molecular formula is C14H22FNO. The summed E-state index contributed by atoms with van der Waals surface area (Å²) >= 11 is 0. The monoisotopic (exact) mass is 239 g/mol. The van der Waals surface area contributed by atoms with Crippen molar-refractivity contribution in [3.05, 3.63) is 35.1 Å². The molecule has 0 bridgehead atoms. The summed E-state index contributed by atoms with van der Waals surface area (Å²) in [7, 11) is 0. The van der Waals surface area contributed by atoms with Crippen LogP contribution in [0, 0.1) is 12.7 Å². The van der Waals surface area contributed by atoms with E-state index in [0.717, 1.165) is 24.0 Å². The summed E-state index contributed by atoms with van der Waals surface area (Å²) in [4.78, 5) is 0. The lowest BCUT2D eigenvalue weighted by Gasteiger charge is -2.26. The maximum Gasteiger partial charge on any atom is 0.123 e. The molecule has 1 aromatic rings. The van der Waals surface area contributed by atoms with Crippen molar-refractivity contribution in [2.24, 2.45) is 5.73 Å². The molecule has 1 rings (SSSR count). The van der Waals surface area contributed by atoms with E-state index in [1.807, 2.05) is 6.92 Å². The van der Waals surface area contributed by atoms with Crippen LogP contribution in [0.25, 0.3) is 0 Å². The van der Waals surface area contributed by atoms with Crippen LogP contribution in [0.3, 0.4) is 0 Å². The predicted octanol–water partition coefficient (Wildman–Crippen LogP) is 3.17. The Kier molecular flexibility index (Phi) is 5.09. The van der Waals surface area contributed by atoms with Gasteiger partial charge in [0.1, 0.15) is 5.82 Å². The first-order valence-corrected chi connectivity index (χ1v) is 6.12. The molecule has 0 fully saturated rings. The van der Waals surface area contributed by atoms with Gasteiger partial charge in [-0.05, 0) is 43.0 Å². The quantitative estimate of drug-likeness (QED) is 0.827. The fraction of sp³-hybridized carbons (Fsp3) is 0.571. The standard InChI is InChI=1S/C14H22FNO/c1-4-14(16,5-2)10-17-9-12-8-13(15)7-6-11(12)3/h6-8H,4-5,9-10,16H2,1-3H3. The van der Waals surface area contributed by atoms with Crippen LogP contribution in [0.5, 0.6) is 0 Å². The molecule has 3 heteroatoms. The van der Waals surface area contributed by atoms with Gasteiger partial charge in [-0.25, -0.2) is 4.39 Å². The second-order valence-corrected chi connectivity index (χ2v) is 4.63.